The number of carbonyl (C=O) groups excluding carboxylic acids is 1. The van der Waals surface area contributed by atoms with Crippen molar-refractivity contribution < 1.29 is 4.79 Å². The summed E-state index contributed by atoms with van der Waals surface area (Å²) < 4.78 is 0. The van der Waals surface area contributed by atoms with E-state index in [-0.39, 0.29) is 29.9 Å². The molecule has 1 saturated heterocycles. The first-order valence-electron chi connectivity index (χ1n) is 9.67. The summed E-state index contributed by atoms with van der Waals surface area (Å²) in [6.45, 7) is 2.85. The van der Waals surface area contributed by atoms with Crippen molar-refractivity contribution in [3.05, 3.63) is 69.2 Å². The molecule has 0 spiro atoms. The number of benzene rings is 2. The molecule has 1 aliphatic rings. The molecule has 1 aliphatic heterocycles. The van der Waals surface area contributed by atoms with Gasteiger partial charge in [0.1, 0.15) is 0 Å². The van der Waals surface area contributed by atoms with Gasteiger partial charge < -0.3 is 15.1 Å². The van der Waals surface area contributed by atoms with Gasteiger partial charge in [0.2, 0.25) is 5.91 Å². The van der Waals surface area contributed by atoms with Crippen molar-refractivity contribution in [3.8, 4) is 0 Å². The zero-order chi connectivity index (χ0) is 20.8. The molecule has 0 aliphatic carbocycles. The standard InChI is InChI=1S/C22H26Cl2N4O.HI/c1-25-22(27(2)14-18-8-9-19(23)20(24)12-18)26-13-16-5-3-6-17(11-16)15-28-10-4-7-21(28)29;/h3,5-6,8-9,11-12H,4,7,10,13-15H2,1-2H3,(H,25,26);1H. The normalized spacial score (nSPS) is 13.9. The number of nitrogens with zero attached hydrogens (tertiary/aromatic N) is 3. The number of halogens is 3. The molecule has 1 amide bonds. The van der Waals surface area contributed by atoms with E-state index in [0.29, 0.717) is 36.1 Å². The van der Waals surface area contributed by atoms with Crippen molar-refractivity contribution in [1.82, 2.24) is 15.1 Å². The molecule has 3 rings (SSSR count). The van der Waals surface area contributed by atoms with E-state index < -0.39 is 0 Å². The molecule has 0 bridgehead atoms. The minimum absolute atomic E-state index is 0. The fourth-order valence-electron chi connectivity index (χ4n) is 3.48. The molecule has 2 aromatic rings. The van der Waals surface area contributed by atoms with Gasteiger partial charge in [-0.2, -0.15) is 0 Å². The highest BCUT2D eigenvalue weighted by Crippen LogP contribution is 2.23. The Morgan fingerprint density at radius 3 is 2.57 bits per heavy atom. The van der Waals surface area contributed by atoms with Crippen LogP contribution in [0, 0.1) is 0 Å². The Balaban J connectivity index is 0.00000320. The van der Waals surface area contributed by atoms with Crippen molar-refractivity contribution in [2.75, 3.05) is 20.6 Å². The third-order valence-electron chi connectivity index (χ3n) is 4.96. The molecule has 162 valence electrons. The van der Waals surface area contributed by atoms with Crippen LogP contribution in [-0.2, 0) is 24.4 Å². The summed E-state index contributed by atoms with van der Waals surface area (Å²) in [7, 11) is 3.75. The molecule has 30 heavy (non-hydrogen) atoms. The van der Waals surface area contributed by atoms with Gasteiger partial charge in [-0.15, -0.1) is 24.0 Å². The maximum Gasteiger partial charge on any atom is 0.222 e. The lowest BCUT2D eigenvalue weighted by Gasteiger charge is -2.22. The Labute approximate surface area is 205 Å². The largest absolute Gasteiger partial charge is 0.352 e. The number of rotatable bonds is 6. The molecule has 1 heterocycles. The van der Waals surface area contributed by atoms with E-state index in [1.165, 1.54) is 0 Å². The third kappa shape index (κ3) is 6.75. The first-order chi connectivity index (χ1) is 14.0. The Hall–Kier alpha value is -1.51. The highest BCUT2D eigenvalue weighted by Gasteiger charge is 2.20. The fourth-order valence-corrected chi connectivity index (χ4v) is 3.80. The SMILES string of the molecule is CN=C(NCc1cccc(CN2CCCC2=O)c1)N(C)Cc1ccc(Cl)c(Cl)c1.I. The Bertz CT molecular complexity index is 906. The fraction of sp³-hybridized carbons (Fsp3) is 0.364. The Kier molecular flexibility index (Phi) is 9.71. The lowest BCUT2D eigenvalue weighted by Crippen LogP contribution is -2.38. The maximum atomic E-state index is 11.9. The summed E-state index contributed by atoms with van der Waals surface area (Å²) >= 11 is 12.1. The molecule has 1 N–H and O–H groups in total. The quantitative estimate of drug-likeness (QED) is 0.309. The average molecular weight is 561 g/mol. The predicted octanol–water partition coefficient (Wildman–Crippen LogP) is 4.94. The van der Waals surface area contributed by atoms with Crippen molar-refractivity contribution in [1.29, 1.82) is 0 Å². The van der Waals surface area contributed by atoms with E-state index in [1.807, 2.05) is 35.0 Å². The van der Waals surface area contributed by atoms with Crippen LogP contribution in [0.2, 0.25) is 10.0 Å². The zero-order valence-electron chi connectivity index (χ0n) is 17.2. The Morgan fingerprint density at radius 2 is 1.90 bits per heavy atom. The van der Waals surface area contributed by atoms with Crippen LogP contribution >= 0.6 is 47.2 Å². The van der Waals surface area contributed by atoms with E-state index in [2.05, 4.69) is 28.5 Å². The second-order valence-corrected chi connectivity index (χ2v) is 8.06. The van der Waals surface area contributed by atoms with E-state index in [9.17, 15) is 4.79 Å². The van der Waals surface area contributed by atoms with Crippen LogP contribution < -0.4 is 5.32 Å². The first kappa shape index (κ1) is 24.8. The van der Waals surface area contributed by atoms with Crippen LogP contribution in [0.25, 0.3) is 0 Å². The number of nitrogens with one attached hydrogen (secondary N) is 1. The van der Waals surface area contributed by atoms with Gasteiger partial charge in [-0.3, -0.25) is 9.79 Å². The Morgan fingerprint density at radius 1 is 1.13 bits per heavy atom. The van der Waals surface area contributed by atoms with E-state index in [0.717, 1.165) is 35.6 Å². The van der Waals surface area contributed by atoms with Crippen molar-refractivity contribution in [3.63, 3.8) is 0 Å². The molecule has 0 atom stereocenters. The molecule has 8 heteroatoms. The summed E-state index contributed by atoms with van der Waals surface area (Å²) in [6, 6.07) is 14.0. The summed E-state index contributed by atoms with van der Waals surface area (Å²) in [5.41, 5.74) is 3.36. The van der Waals surface area contributed by atoms with Gasteiger partial charge in [0.25, 0.3) is 0 Å². The number of aliphatic imine (C=N–C) groups is 1. The first-order valence-corrected chi connectivity index (χ1v) is 10.4. The van der Waals surface area contributed by atoms with Gasteiger partial charge in [-0.25, -0.2) is 0 Å². The monoisotopic (exact) mass is 560 g/mol. The third-order valence-corrected chi connectivity index (χ3v) is 5.70. The van der Waals surface area contributed by atoms with Crippen molar-refractivity contribution in [2.24, 2.45) is 4.99 Å². The number of carbonyl (C=O) groups is 1. The minimum atomic E-state index is 0. The van der Waals surface area contributed by atoms with Crippen LogP contribution in [0.15, 0.2) is 47.5 Å². The highest BCUT2D eigenvalue weighted by molar-refractivity contribution is 14.0. The molecule has 5 nitrogen and oxygen atoms in total. The molecule has 0 saturated carbocycles. The van der Waals surface area contributed by atoms with Gasteiger partial charge in [0.15, 0.2) is 5.96 Å². The summed E-state index contributed by atoms with van der Waals surface area (Å²) in [5.74, 6) is 1.04. The molecule has 1 fully saturated rings. The maximum absolute atomic E-state index is 11.9. The molecule has 0 radical (unpaired) electrons. The van der Waals surface area contributed by atoms with Crippen LogP contribution in [0.3, 0.4) is 0 Å². The summed E-state index contributed by atoms with van der Waals surface area (Å²) in [5, 5.41) is 4.50. The predicted molar refractivity (Wildman–Crippen MR) is 135 cm³/mol. The molecule has 0 aromatic heterocycles. The van der Waals surface area contributed by atoms with Crippen molar-refractivity contribution >= 4 is 59.0 Å². The zero-order valence-corrected chi connectivity index (χ0v) is 21.0. The van der Waals surface area contributed by atoms with Gasteiger partial charge in [-0.1, -0.05) is 53.5 Å². The smallest absolute Gasteiger partial charge is 0.222 e. The minimum Gasteiger partial charge on any atom is -0.352 e. The number of hydrogen-bond donors (Lipinski definition) is 1. The topological polar surface area (TPSA) is 47.9 Å². The number of hydrogen-bond acceptors (Lipinski definition) is 2. The van der Waals surface area contributed by atoms with E-state index >= 15 is 0 Å². The van der Waals surface area contributed by atoms with Gasteiger partial charge in [-0.05, 0) is 35.2 Å². The lowest BCUT2D eigenvalue weighted by molar-refractivity contribution is -0.128. The second-order valence-electron chi connectivity index (χ2n) is 7.24. The highest BCUT2D eigenvalue weighted by atomic mass is 127. The molecule has 2 aromatic carbocycles. The van der Waals surface area contributed by atoms with Crippen molar-refractivity contribution in [2.45, 2.75) is 32.5 Å². The second kappa shape index (κ2) is 11.8. The molecule has 0 unspecified atom stereocenters. The number of guanidine groups is 1. The van der Waals surface area contributed by atoms with E-state index in [1.54, 1.807) is 13.1 Å². The van der Waals surface area contributed by atoms with Crippen LogP contribution in [0.5, 0.6) is 0 Å². The van der Waals surface area contributed by atoms with E-state index in [4.69, 9.17) is 23.2 Å². The summed E-state index contributed by atoms with van der Waals surface area (Å²) in [4.78, 5) is 20.2. The lowest BCUT2D eigenvalue weighted by atomic mass is 10.1. The number of likely N-dealkylation sites (tertiary alicyclic amines) is 1. The number of amides is 1. The average Bonchev–Trinajstić information content (AvgIpc) is 3.10. The van der Waals surface area contributed by atoms with Gasteiger partial charge in [0, 0.05) is 46.7 Å². The van der Waals surface area contributed by atoms with Gasteiger partial charge >= 0.3 is 0 Å². The summed E-state index contributed by atoms with van der Waals surface area (Å²) in [6.07, 6.45) is 1.63. The van der Waals surface area contributed by atoms with Crippen LogP contribution in [0.4, 0.5) is 0 Å². The van der Waals surface area contributed by atoms with Crippen LogP contribution in [0.1, 0.15) is 29.5 Å². The molecular weight excluding hydrogens is 534 g/mol. The molecular formula is C22H27Cl2IN4O. The van der Waals surface area contributed by atoms with Crippen LogP contribution in [-0.4, -0.2) is 42.3 Å². The van der Waals surface area contributed by atoms with Gasteiger partial charge in [0.05, 0.1) is 10.0 Å².